The molecule has 0 radical (unpaired) electrons. The molecule has 0 spiro atoms. The molecule has 25 heavy (non-hydrogen) atoms. The largest absolute Gasteiger partial charge is 0.465 e. The second-order valence-corrected chi connectivity index (χ2v) is 5.78. The number of amides is 2. The van der Waals surface area contributed by atoms with Crippen molar-refractivity contribution in [3.63, 3.8) is 0 Å². The lowest BCUT2D eigenvalue weighted by atomic mass is 9.88. The van der Waals surface area contributed by atoms with Gasteiger partial charge in [-0.05, 0) is 42.5 Å². The Kier molecular flexibility index (Phi) is 6.42. The maximum absolute atomic E-state index is 12.4. The van der Waals surface area contributed by atoms with Gasteiger partial charge in [-0.2, -0.15) is 0 Å². The average molecular weight is 361 g/mol. The van der Waals surface area contributed by atoms with Crippen molar-refractivity contribution < 1.29 is 14.3 Å². The van der Waals surface area contributed by atoms with Gasteiger partial charge in [0, 0.05) is 0 Å². The highest BCUT2D eigenvalue weighted by atomic mass is 35.5. The topological polar surface area (TPSA) is 67.4 Å². The van der Waals surface area contributed by atoms with Crippen LogP contribution in [0.1, 0.15) is 40.4 Å². The number of halogens is 1. The van der Waals surface area contributed by atoms with E-state index < -0.39 is 5.97 Å². The number of ether oxygens (including phenoxy) is 1. The molecule has 1 unspecified atom stereocenters. The van der Waals surface area contributed by atoms with E-state index in [-0.39, 0.29) is 24.5 Å². The Morgan fingerprint density at radius 2 is 1.80 bits per heavy atom. The fourth-order valence-corrected chi connectivity index (χ4v) is 3.10. The summed E-state index contributed by atoms with van der Waals surface area (Å²) in [5.41, 5.74) is 3.22. The van der Waals surface area contributed by atoms with Crippen LogP contribution in [-0.4, -0.2) is 19.1 Å². The van der Waals surface area contributed by atoms with Crippen LogP contribution in [0.4, 0.5) is 10.5 Å². The number of anilines is 1. The predicted molar refractivity (Wildman–Crippen MR) is 99.3 cm³/mol. The average Bonchev–Trinajstić information content (AvgIpc) is 2.62. The van der Waals surface area contributed by atoms with Gasteiger partial charge in [0.05, 0.1) is 24.4 Å². The van der Waals surface area contributed by atoms with Crippen LogP contribution in [0.15, 0.2) is 48.5 Å². The molecule has 2 aromatic carbocycles. The van der Waals surface area contributed by atoms with E-state index in [9.17, 15) is 9.59 Å². The Morgan fingerprint density at radius 3 is 2.60 bits per heavy atom. The molecule has 0 saturated carbocycles. The van der Waals surface area contributed by atoms with Crippen molar-refractivity contribution in [3.05, 3.63) is 65.2 Å². The predicted octanol–water partition coefficient (Wildman–Crippen LogP) is 4.09. The first-order valence-electron chi connectivity index (χ1n) is 8.01. The van der Waals surface area contributed by atoms with Crippen LogP contribution in [0.5, 0.6) is 0 Å². The Morgan fingerprint density at radius 1 is 1.08 bits per heavy atom. The van der Waals surface area contributed by atoms with Crippen molar-refractivity contribution >= 4 is 30.1 Å². The zero-order valence-electron chi connectivity index (χ0n) is 14.0. The second kappa shape index (κ2) is 8.53. The number of aryl methyl sites for hydroxylation is 1. The summed E-state index contributed by atoms with van der Waals surface area (Å²) in [6.07, 6.45) is 2.99. The van der Waals surface area contributed by atoms with Crippen LogP contribution < -0.4 is 10.6 Å². The normalized spacial score (nSPS) is 15.3. The van der Waals surface area contributed by atoms with Crippen molar-refractivity contribution in [2.45, 2.75) is 25.3 Å². The third kappa shape index (κ3) is 4.31. The molecule has 5 nitrogen and oxygen atoms in total. The molecule has 0 saturated heterocycles. The molecule has 1 aliphatic rings. The van der Waals surface area contributed by atoms with Crippen LogP contribution >= 0.6 is 12.4 Å². The van der Waals surface area contributed by atoms with Crippen molar-refractivity contribution in [1.29, 1.82) is 0 Å². The van der Waals surface area contributed by atoms with Gasteiger partial charge < -0.3 is 15.4 Å². The molecule has 0 aliphatic heterocycles. The summed E-state index contributed by atoms with van der Waals surface area (Å²) in [5.74, 6) is -0.478. The number of carbonyl (C=O) groups is 2. The number of benzene rings is 2. The van der Waals surface area contributed by atoms with Crippen LogP contribution in [0.2, 0.25) is 0 Å². The smallest absolute Gasteiger partial charge is 0.339 e. The molecular weight excluding hydrogens is 340 g/mol. The maximum Gasteiger partial charge on any atom is 0.339 e. The van der Waals surface area contributed by atoms with Gasteiger partial charge in [-0.25, -0.2) is 9.59 Å². The molecular formula is C19H21ClN2O3. The van der Waals surface area contributed by atoms with E-state index in [0.717, 1.165) is 19.3 Å². The van der Waals surface area contributed by atoms with E-state index in [1.54, 1.807) is 24.3 Å². The Labute approximate surface area is 153 Å². The third-order valence-electron chi connectivity index (χ3n) is 4.26. The van der Waals surface area contributed by atoms with Crippen molar-refractivity contribution in [1.82, 2.24) is 5.32 Å². The number of fused-ring (bicyclic) bond motifs is 1. The van der Waals surface area contributed by atoms with E-state index in [2.05, 4.69) is 22.8 Å². The minimum absolute atomic E-state index is 0. The summed E-state index contributed by atoms with van der Waals surface area (Å²) in [6, 6.07) is 14.6. The van der Waals surface area contributed by atoms with Gasteiger partial charge in [-0.15, -0.1) is 12.4 Å². The summed E-state index contributed by atoms with van der Waals surface area (Å²) in [5, 5.41) is 5.76. The zero-order chi connectivity index (χ0) is 16.9. The van der Waals surface area contributed by atoms with Crippen LogP contribution in [0.3, 0.4) is 0 Å². The summed E-state index contributed by atoms with van der Waals surface area (Å²) in [6.45, 7) is 0. The standard InChI is InChI=1S/C19H20N2O3.ClH/c1-24-18(22)15-10-4-5-11-17(15)21-19(23)20-16-12-6-8-13-7-2-3-9-14(13)16;/h2-5,7,9-11,16H,6,8,12H2,1H3,(H2,20,21,23);1H. The van der Waals surface area contributed by atoms with E-state index >= 15 is 0 Å². The number of rotatable bonds is 3. The van der Waals surface area contributed by atoms with Crippen molar-refractivity contribution in [2.75, 3.05) is 12.4 Å². The Hall–Kier alpha value is -2.53. The summed E-state index contributed by atoms with van der Waals surface area (Å²) in [4.78, 5) is 24.2. The quantitative estimate of drug-likeness (QED) is 0.810. The first kappa shape index (κ1) is 18.8. The molecule has 0 fully saturated rings. The van der Waals surface area contributed by atoms with E-state index in [0.29, 0.717) is 11.3 Å². The van der Waals surface area contributed by atoms with Crippen LogP contribution in [0, 0.1) is 0 Å². The molecule has 0 bridgehead atoms. The van der Waals surface area contributed by atoms with Gasteiger partial charge in [0.1, 0.15) is 0 Å². The van der Waals surface area contributed by atoms with Gasteiger partial charge in [0.25, 0.3) is 0 Å². The molecule has 3 rings (SSSR count). The second-order valence-electron chi connectivity index (χ2n) is 5.78. The monoisotopic (exact) mass is 360 g/mol. The molecule has 0 heterocycles. The fourth-order valence-electron chi connectivity index (χ4n) is 3.10. The fraction of sp³-hybridized carbons (Fsp3) is 0.263. The zero-order valence-corrected chi connectivity index (χ0v) is 14.8. The summed E-state index contributed by atoms with van der Waals surface area (Å²) >= 11 is 0. The molecule has 2 N–H and O–H groups in total. The number of hydrogen-bond donors (Lipinski definition) is 2. The lowest BCUT2D eigenvalue weighted by Gasteiger charge is -2.26. The minimum atomic E-state index is -0.478. The number of carbonyl (C=O) groups excluding carboxylic acids is 2. The number of methoxy groups -OCH3 is 1. The highest BCUT2D eigenvalue weighted by Crippen LogP contribution is 2.29. The Bertz CT molecular complexity index is 764. The van der Waals surface area contributed by atoms with Gasteiger partial charge in [-0.3, -0.25) is 0 Å². The van der Waals surface area contributed by atoms with Gasteiger partial charge in [-0.1, -0.05) is 36.4 Å². The van der Waals surface area contributed by atoms with Crippen LogP contribution in [0.25, 0.3) is 0 Å². The first-order valence-corrected chi connectivity index (χ1v) is 8.01. The number of hydrogen-bond acceptors (Lipinski definition) is 3. The molecule has 2 aromatic rings. The molecule has 6 heteroatoms. The van der Waals surface area contributed by atoms with Crippen molar-refractivity contribution in [2.24, 2.45) is 0 Å². The SMILES string of the molecule is COC(=O)c1ccccc1NC(=O)NC1CCCc2ccccc21.Cl. The lowest BCUT2D eigenvalue weighted by molar-refractivity contribution is 0.0602. The van der Waals surface area contributed by atoms with Gasteiger partial charge >= 0.3 is 12.0 Å². The van der Waals surface area contributed by atoms with Gasteiger partial charge in [0.15, 0.2) is 0 Å². The number of para-hydroxylation sites is 1. The highest BCUT2D eigenvalue weighted by molar-refractivity contribution is 6.00. The van der Waals surface area contributed by atoms with E-state index in [1.807, 2.05) is 12.1 Å². The lowest BCUT2D eigenvalue weighted by Crippen LogP contribution is -2.34. The number of esters is 1. The number of nitrogens with one attached hydrogen (secondary N) is 2. The maximum atomic E-state index is 12.4. The van der Waals surface area contributed by atoms with Crippen molar-refractivity contribution in [3.8, 4) is 0 Å². The number of urea groups is 1. The van der Waals surface area contributed by atoms with Gasteiger partial charge in [0.2, 0.25) is 0 Å². The van der Waals surface area contributed by atoms with E-state index in [4.69, 9.17) is 4.74 Å². The highest BCUT2D eigenvalue weighted by Gasteiger charge is 2.22. The molecule has 2 amide bonds. The molecule has 1 aliphatic carbocycles. The van der Waals surface area contributed by atoms with E-state index in [1.165, 1.54) is 18.2 Å². The molecule has 1 atom stereocenters. The molecule has 132 valence electrons. The molecule has 0 aromatic heterocycles. The summed E-state index contributed by atoms with van der Waals surface area (Å²) < 4.78 is 4.74. The first-order chi connectivity index (χ1) is 11.7. The van der Waals surface area contributed by atoms with Crippen LogP contribution in [-0.2, 0) is 11.2 Å². The Balaban J connectivity index is 0.00000225. The minimum Gasteiger partial charge on any atom is -0.465 e. The summed E-state index contributed by atoms with van der Waals surface area (Å²) in [7, 11) is 1.32. The third-order valence-corrected chi connectivity index (χ3v) is 4.26.